The quantitative estimate of drug-likeness (QED) is 0.798. The molecule has 2 aromatic rings. The van der Waals surface area contributed by atoms with Gasteiger partial charge in [0.1, 0.15) is 5.82 Å². The maximum Gasteiger partial charge on any atom is 0.243 e. The second-order valence-electron chi connectivity index (χ2n) is 3.85. The van der Waals surface area contributed by atoms with Crippen LogP contribution in [0, 0.1) is 5.82 Å². The maximum atomic E-state index is 13.6. The largest absolute Gasteiger partial charge is 0.273 e. The maximum absolute atomic E-state index is 13.6. The first kappa shape index (κ1) is 11.5. The standard InChI is InChI=1S/C13H13FN2O/c1-3-10-4-5-11(6-13(10)14)12-7-15-16(8-12)9(2)17/h4-8H,3H2,1-2H3. The zero-order chi connectivity index (χ0) is 12.4. The van der Waals surface area contributed by atoms with Crippen LogP contribution in [0.25, 0.3) is 11.1 Å². The fourth-order valence-electron chi connectivity index (χ4n) is 1.66. The molecule has 17 heavy (non-hydrogen) atoms. The van der Waals surface area contributed by atoms with Gasteiger partial charge in [0.05, 0.1) is 6.20 Å². The molecular weight excluding hydrogens is 219 g/mol. The van der Waals surface area contributed by atoms with Gasteiger partial charge < -0.3 is 0 Å². The van der Waals surface area contributed by atoms with Crippen molar-refractivity contribution in [2.24, 2.45) is 0 Å². The van der Waals surface area contributed by atoms with E-state index in [0.717, 1.165) is 11.1 Å². The summed E-state index contributed by atoms with van der Waals surface area (Å²) >= 11 is 0. The second kappa shape index (κ2) is 4.49. The molecule has 88 valence electrons. The fraction of sp³-hybridized carbons (Fsp3) is 0.231. The van der Waals surface area contributed by atoms with Crippen LogP contribution in [0.2, 0.25) is 0 Å². The molecule has 0 spiro atoms. The molecule has 0 aliphatic carbocycles. The van der Waals surface area contributed by atoms with E-state index in [4.69, 9.17) is 0 Å². The van der Waals surface area contributed by atoms with Gasteiger partial charge in [0.15, 0.2) is 0 Å². The minimum atomic E-state index is -0.222. The molecule has 0 atom stereocenters. The van der Waals surface area contributed by atoms with Crippen LogP contribution in [0.5, 0.6) is 0 Å². The van der Waals surface area contributed by atoms with Crippen molar-refractivity contribution >= 4 is 5.91 Å². The summed E-state index contributed by atoms with van der Waals surface area (Å²) in [5.74, 6) is -0.387. The third-order valence-electron chi connectivity index (χ3n) is 2.67. The minimum absolute atomic E-state index is 0.165. The Morgan fingerprint density at radius 2 is 2.18 bits per heavy atom. The Kier molecular flexibility index (Phi) is 3.04. The first-order valence-electron chi connectivity index (χ1n) is 5.46. The molecule has 0 fully saturated rings. The number of carbonyl (C=O) groups is 1. The van der Waals surface area contributed by atoms with E-state index in [9.17, 15) is 9.18 Å². The second-order valence-corrected chi connectivity index (χ2v) is 3.85. The van der Waals surface area contributed by atoms with Crippen LogP contribution in [-0.4, -0.2) is 15.7 Å². The summed E-state index contributed by atoms with van der Waals surface area (Å²) in [6, 6.07) is 5.07. The highest BCUT2D eigenvalue weighted by Crippen LogP contribution is 2.21. The number of halogens is 1. The highest BCUT2D eigenvalue weighted by atomic mass is 19.1. The van der Waals surface area contributed by atoms with Crippen LogP contribution < -0.4 is 0 Å². The lowest BCUT2D eigenvalue weighted by Gasteiger charge is -2.02. The number of aromatic nitrogens is 2. The lowest BCUT2D eigenvalue weighted by atomic mass is 10.1. The first-order chi connectivity index (χ1) is 8.11. The molecule has 1 aromatic carbocycles. The molecule has 0 aliphatic rings. The van der Waals surface area contributed by atoms with Crippen molar-refractivity contribution in [1.29, 1.82) is 0 Å². The highest BCUT2D eigenvalue weighted by molar-refractivity contribution is 5.76. The minimum Gasteiger partial charge on any atom is -0.273 e. The van der Waals surface area contributed by atoms with Gasteiger partial charge in [-0.15, -0.1) is 0 Å². The summed E-state index contributed by atoms with van der Waals surface area (Å²) in [7, 11) is 0. The van der Waals surface area contributed by atoms with Crippen molar-refractivity contribution in [3.63, 3.8) is 0 Å². The number of aryl methyl sites for hydroxylation is 1. The Balaban J connectivity index is 2.39. The predicted octanol–water partition coefficient (Wildman–Crippen LogP) is 2.91. The van der Waals surface area contributed by atoms with Crippen molar-refractivity contribution in [2.75, 3.05) is 0 Å². The lowest BCUT2D eigenvalue weighted by molar-refractivity contribution is 0.0921. The highest BCUT2D eigenvalue weighted by Gasteiger charge is 2.07. The van der Waals surface area contributed by atoms with Gasteiger partial charge in [-0.25, -0.2) is 9.07 Å². The summed E-state index contributed by atoms with van der Waals surface area (Å²) < 4.78 is 14.8. The van der Waals surface area contributed by atoms with Crippen molar-refractivity contribution < 1.29 is 9.18 Å². The van der Waals surface area contributed by atoms with E-state index in [-0.39, 0.29) is 11.7 Å². The zero-order valence-corrected chi connectivity index (χ0v) is 9.77. The van der Waals surface area contributed by atoms with Gasteiger partial charge in [-0.05, 0) is 23.6 Å². The zero-order valence-electron chi connectivity index (χ0n) is 9.77. The molecule has 0 aliphatic heterocycles. The Morgan fingerprint density at radius 3 is 2.71 bits per heavy atom. The Bertz CT molecular complexity index is 560. The van der Waals surface area contributed by atoms with Crippen LogP contribution in [0.4, 0.5) is 4.39 Å². The summed E-state index contributed by atoms with van der Waals surface area (Å²) in [6.45, 7) is 3.34. The summed E-state index contributed by atoms with van der Waals surface area (Å²) in [4.78, 5) is 11.1. The van der Waals surface area contributed by atoms with Gasteiger partial charge in [0.2, 0.25) is 5.91 Å². The van der Waals surface area contributed by atoms with E-state index in [2.05, 4.69) is 5.10 Å². The Morgan fingerprint density at radius 1 is 1.41 bits per heavy atom. The molecule has 0 saturated carbocycles. The van der Waals surface area contributed by atoms with Gasteiger partial charge in [0.25, 0.3) is 0 Å². The van der Waals surface area contributed by atoms with E-state index < -0.39 is 0 Å². The number of carbonyl (C=O) groups excluding carboxylic acids is 1. The molecule has 0 saturated heterocycles. The molecule has 4 heteroatoms. The molecule has 2 rings (SSSR count). The third kappa shape index (κ3) is 2.25. The average molecular weight is 232 g/mol. The van der Waals surface area contributed by atoms with Gasteiger partial charge in [-0.2, -0.15) is 5.10 Å². The van der Waals surface area contributed by atoms with Crippen LogP contribution in [0.15, 0.2) is 30.6 Å². The molecule has 3 nitrogen and oxygen atoms in total. The van der Waals surface area contributed by atoms with E-state index in [1.807, 2.05) is 13.0 Å². The van der Waals surface area contributed by atoms with Crippen LogP contribution in [0.1, 0.15) is 24.2 Å². The molecule has 0 radical (unpaired) electrons. The molecule has 0 amide bonds. The van der Waals surface area contributed by atoms with E-state index in [0.29, 0.717) is 12.0 Å². The van der Waals surface area contributed by atoms with Gasteiger partial charge in [-0.1, -0.05) is 19.1 Å². The van der Waals surface area contributed by atoms with Crippen molar-refractivity contribution in [3.8, 4) is 11.1 Å². The SMILES string of the molecule is CCc1ccc(-c2cnn(C(C)=O)c2)cc1F. The van der Waals surface area contributed by atoms with E-state index in [1.54, 1.807) is 18.5 Å². The first-order valence-corrected chi connectivity index (χ1v) is 5.46. The third-order valence-corrected chi connectivity index (χ3v) is 2.67. The van der Waals surface area contributed by atoms with Crippen LogP contribution in [0.3, 0.4) is 0 Å². The predicted molar refractivity (Wildman–Crippen MR) is 63.3 cm³/mol. The average Bonchev–Trinajstić information content (AvgIpc) is 2.78. The van der Waals surface area contributed by atoms with Crippen molar-refractivity contribution in [2.45, 2.75) is 20.3 Å². The van der Waals surface area contributed by atoms with Crippen LogP contribution >= 0.6 is 0 Å². The van der Waals surface area contributed by atoms with Crippen molar-refractivity contribution in [1.82, 2.24) is 9.78 Å². The molecular formula is C13H13FN2O. The summed E-state index contributed by atoms with van der Waals surface area (Å²) in [5, 5.41) is 3.91. The van der Waals surface area contributed by atoms with Gasteiger partial charge in [-0.3, -0.25) is 4.79 Å². The summed E-state index contributed by atoms with van der Waals surface area (Å²) in [5.41, 5.74) is 2.15. The molecule has 0 N–H and O–H groups in total. The monoisotopic (exact) mass is 232 g/mol. The van der Waals surface area contributed by atoms with Crippen molar-refractivity contribution in [3.05, 3.63) is 42.0 Å². The van der Waals surface area contributed by atoms with Gasteiger partial charge in [0, 0.05) is 18.7 Å². The normalized spacial score (nSPS) is 10.5. The molecule has 0 unspecified atom stereocenters. The lowest BCUT2D eigenvalue weighted by Crippen LogP contribution is -2.04. The number of benzene rings is 1. The summed E-state index contributed by atoms with van der Waals surface area (Å²) in [6.07, 6.45) is 3.82. The fourth-order valence-corrected chi connectivity index (χ4v) is 1.66. The Hall–Kier alpha value is -1.97. The van der Waals surface area contributed by atoms with E-state index in [1.165, 1.54) is 17.7 Å². The molecule has 1 aromatic heterocycles. The van der Waals surface area contributed by atoms with Gasteiger partial charge >= 0.3 is 0 Å². The molecule has 1 heterocycles. The number of nitrogens with zero attached hydrogens (tertiary/aromatic N) is 2. The number of rotatable bonds is 2. The smallest absolute Gasteiger partial charge is 0.243 e. The van der Waals surface area contributed by atoms with E-state index >= 15 is 0 Å². The topological polar surface area (TPSA) is 34.9 Å². The van der Waals surface area contributed by atoms with Crippen LogP contribution in [-0.2, 0) is 6.42 Å². The Labute approximate surface area is 98.9 Å². The molecule has 0 bridgehead atoms. The number of hydrogen-bond donors (Lipinski definition) is 0. The number of hydrogen-bond acceptors (Lipinski definition) is 2.